The normalized spacial score (nSPS) is 10.4. The van der Waals surface area contributed by atoms with Crippen LogP contribution >= 0.6 is 0 Å². The maximum absolute atomic E-state index is 2.37. The minimum atomic E-state index is 1.15. The van der Waals surface area contributed by atoms with Crippen LogP contribution in [0.3, 0.4) is 0 Å². The van der Waals surface area contributed by atoms with E-state index in [0.29, 0.717) is 0 Å². The largest absolute Gasteiger partial charge is 0.0651 e. The Morgan fingerprint density at radius 2 is 1.69 bits per heavy atom. The number of rotatable bonds is 4. The van der Waals surface area contributed by atoms with Crippen LogP contribution in [0.1, 0.15) is 43.9 Å². The molecule has 0 heteroatoms. The summed E-state index contributed by atoms with van der Waals surface area (Å²) in [5.41, 5.74) is 4.56. The Hall–Kier alpha value is -0.780. The van der Waals surface area contributed by atoms with E-state index in [1.807, 2.05) is 0 Å². The van der Waals surface area contributed by atoms with Crippen molar-refractivity contribution in [2.24, 2.45) is 0 Å². The standard InChI is InChI=1S/C13H20/c1-4-7-13-9-8-11(5-2)10-12(13)6-3/h8-10H,4-7H2,1-3H3. The van der Waals surface area contributed by atoms with Crippen LogP contribution in [0.15, 0.2) is 18.2 Å². The Labute approximate surface area is 82.0 Å². The van der Waals surface area contributed by atoms with Crippen LogP contribution in [0.25, 0.3) is 0 Å². The van der Waals surface area contributed by atoms with Crippen molar-refractivity contribution >= 4 is 0 Å². The topological polar surface area (TPSA) is 0 Å². The highest BCUT2D eigenvalue weighted by Gasteiger charge is 2.00. The van der Waals surface area contributed by atoms with Crippen molar-refractivity contribution in [1.29, 1.82) is 0 Å². The van der Waals surface area contributed by atoms with E-state index in [0.717, 1.165) is 6.42 Å². The van der Waals surface area contributed by atoms with Crippen molar-refractivity contribution in [3.8, 4) is 0 Å². The Morgan fingerprint density at radius 3 is 2.23 bits per heavy atom. The molecule has 0 N–H and O–H groups in total. The molecule has 0 aromatic heterocycles. The maximum Gasteiger partial charge on any atom is -0.0279 e. The van der Waals surface area contributed by atoms with Gasteiger partial charge in [0.15, 0.2) is 0 Å². The van der Waals surface area contributed by atoms with Gasteiger partial charge in [-0.05, 0) is 36.0 Å². The van der Waals surface area contributed by atoms with Crippen LogP contribution in [0.2, 0.25) is 0 Å². The summed E-state index contributed by atoms with van der Waals surface area (Å²) in [5, 5.41) is 0. The summed E-state index contributed by atoms with van der Waals surface area (Å²) in [6.07, 6.45) is 4.80. The van der Waals surface area contributed by atoms with E-state index in [-0.39, 0.29) is 0 Å². The van der Waals surface area contributed by atoms with Gasteiger partial charge >= 0.3 is 0 Å². The second kappa shape index (κ2) is 5.06. The second-order valence-corrected chi connectivity index (χ2v) is 3.56. The van der Waals surface area contributed by atoms with E-state index in [2.05, 4.69) is 39.0 Å². The smallest absolute Gasteiger partial charge is 0.0279 e. The lowest BCUT2D eigenvalue weighted by molar-refractivity contribution is 0.896. The van der Waals surface area contributed by atoms with Crippen molar-refractivity contribution in [3.63, 3.8) is 0 Å². The summed E-state index contributed by atoms with van der Waals surface area (Å²) < 4.78 is 0. The molecule has 0 aliphatic rings. The molecule has 0 heterocycles. The third kappa shape index (κ3) is 2.58. The summed E-state index contributed by atoms with van der Waals surface area (Å²) in [7, 11) is 0. The van der Waals surface area contributed by atoms with Gasteiger partial charge in [-0.3, -0.25) is 0 Å². The first-order valence-corrected chi connectivity index (χ1v) is 5.42. The van der Waals surface area contributed by atoms with E-state index >= 15 is 0 Å². The molecule has 0 radical (unpaired) electrons. The molecule has 0 spiro atoms. The zero-order valence-electron chi connectivity index (χ0n) is 9.06. The zero-order valence-corrected chi connectivity index (χ0v) is 9.06. The monoisotopic (exact) mass is 176 g/mol. The summed E-state index contributed by atoms with van der Waals surface area (Å²) in [6.45, 7) is 6.70. The lowest BCUT2D eigenvalue weighted by Crippen LogP contribution is -1.94. The third-order valence-electron chi connectivity index (χ3n) is 2.58. The highest BCUT2D eigenvalue weighted by Crippen LogP contribution is 2.15. The molecule has 0 saturated carbocycles. The predicted molar refractivity (Wildman–Crippen MR) is 59.2 cm³/mol. The van der Waals surface area contributed by atoms with Gasteiger partial charge in [0, 0.05) is 0 Å². The van der Waals surface area contributed by atoms with E-state index < -0.39 is 0 Å². The minimum Gasteiger partial charge on any atom is -0.0651 e. The molecule has 0 fully saturated rings. The SMILES string of the molecule is CCCc1ccc(CC)cc1CC. The lowest BCUT2D eigenvalue weighted by atomic mass is 9.98. The summed E-state index contributed by atoms with van der Waals surface area (Å²) in [4.78, 5) is 0. The van der Waals surface area contributed by atoms with E-state index in [1.165, 1.54) is 24.8 Å². The first-order chi connectivity index (χ1) is 6.31. The molecule has 0 atom stereocenters. The number of aryl methyl sites for hydroxylation is 3. The quantitative estimate of drug-likeness (QED) is 0.655. The van der Waals surface area contributed by atoms with Gasteiger partial charge in [0.2, 0.25) is 0 Å². The molecule has 0 unspecified atom stereocenters. The fraction of sp³-hybridized carbons (Fsp3) is 0.538. The molecule has 72 valence electrons. The van der Waals surface area contributed by atoms with Crippen LogP contribution in [-0.4, -0.2) is 0 Å². The Kier molecular flexibility index (Phi) is 4.01. The Balaban J connectivity index is 2.93. The maximum atomic E-state index is 2.37. The van der Waals surface area contributed by atoms with E-state index in [9.17, 15) is 0 Å². The predicted octanol–water partition coefficient (Wildman–Crippen LogP) is 3.76. The number of hydrogen-bond donors (Lipinski definition) is 0. The van der Waals surface area contributed by atoms with E-state index in [1.54, 1.807) is 11.1 Å². The summed E-state index contributed by atoms with van der Waals surface area (Å²) in [6, 6.07) is 6.94. The highest BCUT2D eigenvalue weighted by atomic mass is 14.1. The molecule has 1 aromatic rings. The van der Waals surface area contributed by atoms with Gasteiger partial charge in [-0.15, -0.1) is 0 Å². The molecule has 0 aliphatic carbocycles. The van der Waals surface area contributed by atoms with Gasteiger partial charge < -0.3 is 0 Å². The van der Waals surface area contributed by atoms with Gasteiger partial charge in [0.25, 0.3) is 0 Å². The second-order valence-electron chi connectivity index (χ2n) is 3.56. The van der Waals surface area contributed by atoms with Crippen LogP contribution in [0.4, 0.5) is 0 Å². The molecule has 0 nitrogen and oxygen atoms in total. The van der Waals surface area contributed by atoms with Gasteiger partial charge in [0.05, 0.1) is 0 Å². The van der Waals surface area contributed by atoms with Crippen LogP contribution in [0.5, 0.6) is 0 Å². The van der Waals surface area contributed by atoms with Crippen LogP contribution in [0, 0.1) is 0 Å². The molecule has 1 rings (SSSR count). The molecule has 0 amide bonds. The van der Waals surface area contributed by atoms with Crippen molar-refractivity contribution in [2.75, 3.05) is 0 Å². The Bertz CT molecular complexity index is 261. The van der Waals surface area contributed by atoms with Crippen LogP contribution in [-0.2, 0) is 19.3 Å². The number of benzene rings is 1. The third-order valence-corrected chi connectivity index (χ3v) is 2.58. The van der Waals surface area contributed by atoms with E-state index in [4.69, 9.17) is 0 Å². The molecular formula is C13H20. The Morgan fingerprint density at radius 1 is 0.923 bits per heavy atom. The van der Waals surface area contributed by atoms with Crippen molar-refractivity contribution in [1.82, 2.24) is 0 Å². The van der Waals surface area contributed by atoms with Gasteiger partial charge in [-0.1, -0.05) is 45.4 Å². The fourth-order valence-corrected chi connectivity index (χ4v) is 1.74. The molecule has 1 aromatic carbocycles. The molecule has 0 aliphatic heterocycles. The summed E-state index contributed by atoms with van der Waals surface area (Å²) in [5.74, 6) is 0. The van der Waals surface area contributed by atoms with Crippen molar-refractivity contribution in [2.45, 2.75) is 46.5 Å². The van der Waals surface area contributed by atoms with Crippen molar-refractivity contribution in [3.05, 3.63) is 34.9 Å². The molecule has 13 heavy (non-hydrogen) atoms. The average molecular weight is 176 g/mol. The van der Waals surface area contributed by atoms with Gasteiger partial charge in [-0.25, -0.2) is 0 Å². The highest BCUT2D eigenvalue weighted by molar-refractivity contribution is 5.32. The molecule has 0 bridgehead atoms. The fourth-order valence-electron chi connectivity index (χ4n) is 1.74. The lowest BCUT2D eigenvalue weighted by Gasteiger charge is -2.08. The average Bonchev–Trinajstić information content (AvgIpc) is 2.19. The summed E-state index contributed by atoms with van der Waals surface area (Å²) >= 11 is 0. The molecule has 0 saturated heterocycles. The van der Waals surface area contributed by atoms with Gasteiger partial charge in [0.1, 0.15) is 0 Å². The zero-order chi connectivity index (χ0) is 9.68. The number of hydrogen-bond acceptors (Lipinski definition) is 0. The minimum absolute atomic E-state index is 1.15. The van der Waals surface area contributed by atoms with Crippen LogP contribution < -0.4 is 0 Å². The van der Waals surface area contributed by atoms with Gasteiger partial charge in [-0.2, -0.15) is 0 Å². The van der Waals surface area contributed by atoms with Crippen molar-refractivity contribution < 1.29 is 0 Å². The first kappa shape index (κ1) is 10.3. The first-order valence-electron chi connectivity index (χ1n) is 5.42. The molecular weight excluding hydrogens is 156 g/mol.